The Hall–Kier alpha value is -2.14. The first kappa shape index (κ1) is 18.2. The molecule has 3 rings (SSSR count). The van der Waals surface area contributed by atoms with Crippen molar-refractivity contribution in [3.63, 3.8) is 0 Å². The number of alkyl halides is 1. The molecule has 24 heavy (non-hydrogen) atoms. The van der Waals surface area contributed by atoms with Gasteiger partial charge >= 0.3 is 0 Å². The fourth-order valence-electron chi connectivity index (χ4n) is 1.95. The van der Waals surface area contributed by atoms with Crippen LogP contribution in [0, 0.1) is 0 Å². The summed E-state index contributed by atoms with van der Waals surface area (Å²) in [4.78, 5) is 0. The van der Waals surface area contributed by atoms with Crippen LogP contribution in [0.5, 0.6) is 0 Å². The summed E-state index contributed by atoms with van der Waals surface area (Å²) in [5, 5.41) is 4.04. The summed E-state index contributed by atoms with van der Waals surface area (Å²) in [5.74, 6) is 0. The first-order valence-corrected chi connectivity index (χ1v) is 8.04. The zero-order valence-corrected chi connectivity index (χ0v) is 14.3. The van der Waals surface area contributed by atoms with Crippen LogP contribution < -0.4 is 0 Å². The van der Waals surface area contributed by atoms with Crippen LogP contribution in [0.3, 0.4) is 0 Å². The third-order valence-corrected chi connectivity index (χ3v) is 3.59. The van der Waals surface area contributed by atoms with Crippen LogP contribution in [-0.2, 0) is 22.8 Å². The molecule has 0 aliphatic carbocycles. The SMILES string of the molecule is COC(Cl)c1ccccc1.c1ccc(COCn2cccn2)cc1. The first-order chi connectivity index (χ1) is 11.8. The van der Waals surface area contributed by atoms with Crippen LogP contribution in [-0.4, -0.2) is 16.9 Å². The minimum atomic E-state index is -0.318. The molecule has 3 aromatic rings. The lowest BCUT2D eigenvalue weighted by molar-refractivity contribution is 0.0561. The first-order valence-electron chi connectivity index (χ1n) is 7.60. The Morgan fingerprint density at radius 3 is 2.25 bits per heavy atom. The number of halogens is 1. The zero-order chi connectivity index (χ0) is 17.0. The highest BCUT2D eigenvalue weighted by Gasteiger charge is 2.02. The lowest BCUT2D eigenvalue weighted by Crippen LogP contribution is -2.02. The second-order valence-corrected chi connectivity index (χ2v) is 5.37. The van der Waals surface area contributed by atoms with Gasteiger partial charge in [-0.1, -0.05) is 72.3 Å². The van der Waals surface area contributed by atoms with Gasteiger partial charge < -0.3 is 9.47 Å². The van der Waals surface area contributed by atoms with Crippen LogP contribution in [0.2, 0.25) is 0 Å². The Kier molecular flexibility index (Phi) is 8.04. The highest BCUT2D eigenvalue weighted by molar-refractivity contribution is 6.19. The largest absolute Gasteiger partial charge is 0.361 e. The number of hydrogen-bond donors (Lipinski definition) is 0. The second-order valence-electron chi connectivity index (χ2n) is 4.97. The molecule has 4 nitrogen and oxygen atoms in total. The third kappa shape index (κ3) is 6.54. The van der Waals surface area contributed by atoms with Gasteiger partial charge in [-0.05, 0) is 17.2 Å². The van der Waals surface area contributed by atoms with Gasteiger partial charge in [0.2, 0.25) is 0 Å². The van der Waals surface area contributed by atoms with E-state index in [1.165, 1.54) is 5.56 Å². The van der Waals surface area contributed by atoms with Gasteiger partial charge in [0.1, 0.15) is 6.73 Å². The summed E-state index contributed by atoms with van der Waals surface area (Å²) in [5.41, 5.74) is 1.85. The van der Waals surface area contributed by atoms with Gasteiger partial charge in [-0.3, -0.25) is 0 Å². The molecule has 0 aliphatic rings. The normalized spacial score (nSPS) is 11.4. The molecule has 1 unspecified atom stereocenters. The summed E-state index contributed by atoms with van der Waals surface area (Å²) in [7, 11) is 1.59. The molecule has 1 heterocycles. The number of nitrogens with zero attached hydrogens (tertiary/aromatic N) is 2. The Bertz CT molecular complexity index is 660. The van der Waals surface area contributed by atoms with Crippen molar-refractivity contribution in [1.82, 2.24) is 9.78 Å². The average Bonchev–Trinajstić information content (AvgIpc) is 3.17. The number of aromatic nitrogens is 2. The predicted octanol–water partition coefficient (Wildman–Crippen LogP) is 4.63. The third-order valence-electron chi connectivity index (χ3n) is 3.16. The highest BCUT2D eigenvalue weighted by atomic mass is 35.5. The van der Waals surface area contributed by atoms with E-state index in [1.807, 2.05) is 72.9 Å². The zero-order valence-electron chi connectivity index (χ0n) is 13.6. The smallest absolute Gasteiger partial charge is 0.156 e. The molecular formula is C19H21ClN2O2. The van der Waals surface area contributed by atoms with E-state index in [9.17, 15) is 0 Å². The van der Waals surface area contributed by atoms with Crippen LogP contribution in [0.25, 0.3) is 0 Å². The minimum absolute atomic E-state index is 0.318. The molecule has 0 saturated heterocycles. The quantitative estimate of drug-likeness (QED) is 0.612. The number of benzene rings is 2. The van der Waals surface area contributed by atoms with Crippen molar-refractivity contribution in [3.05, 3.63) is 90.3 Å². The Labute approximate surface area is 147 Å². The summed E-state index contributed by atoms with van der Waals surface area (Å²) >= 11 is 5.77. The minimum Gasteiger partial charge on any atom is -0.361 e. The molecule has 0 fully saturated rings. The van der Waals surface area contributed by atoms with E-state index in [1.54, 1.807) is 18.0 Å². The molecule has 0 bridgehead atoms. The molecule has 1 atom stereocenters. The molecule has 2 aromatic carbocycles. The summed E-state index contributed by atoms with van der Waals surface area (Å²) in [6.07, 6.45) is 3.62. The lowest BCUT2D eigenvalue weighted by atomic mass is 10.2. The molecule has 0 spiro atoms. The predicted molar refractivity (Wildman–Crippen MR) is 95.5 cm³/mol. The standard InChI is InChI=1S/C11H12N2O.C8H9ClO/c1-2-5-11(6-3-1)9-14-10-13-8-4-7-12-13;1-10-8(9)7-5-3-2-4-6-7/h1-8H,9-10H2;2-6,8H,1H3. The van der Waals surface area contributed by atoms with E-state index in [0.29, 0.717) is 13.3 Å². The van der Waals surface area contributed by atoms with Gasteiger partial charge in [0.15, 0.2) is 5.56 Å². The Morgan fingerprint density at radius 1 is 1.00 bits per heavy atom. The van der Waals surface area contributed by atoms with Crippen LogP contribution in [0.1, 0.15) is 16.7 Å². The molecule has 1 aromatic heterocycles. The van der Waals surface area contributed by atoms with Crippen LogP contribution in [0.15, 0.2) is 79.1 Å². The fourth-order valence-corrected chi connectivity index (χ4v) is 2.09. The molecule has 0 amide bonds. The van der Waals surface area contributed by atoms with Crippen molar-refractivity contribution in [2.45, 2.75) is 18.9 Å². The van der Waals surface area contributed by atoms with Crippen molar-refractivity contribution in [1.29, 1.82) is 0 Å². The van der Waals surface area contributed by atoms with Gasteiger partial charge in [-0.25, -0.2) is 4.68 Å². The molecule has 0 radical (unpaired) electrons. The van der Waals surface area contributed by atoms with E-state index in [0.717, 1.165) is 5.56 Å². The fraction of sp³-hybridized carbons (Fsp3) is 0.211. The Morgan fingerprint density at radius 2 is 1.67 bits per heavy atom. The molecule has 126 valence electrons. The maximum absolute atomic E-state index is 5.77. The van der Waals surface area contributed by atoms with Crippen molar-refractivity contribution in [2.24, 2.45) is 0 Å². The maximum Gasteiger partial charge on any atom is 0.156 e. The van der Waals surface area contributed by atoms with Crippen molar-refractivity contribution >= 4 is 11.6 Å². The highest BCUT2D eigenvalue weighted by Crippen LogP contribution is 2.19. The van der Waals surface area contributed by atoms with Crippen molar-refractivity contribution in [2.75, 3.05) is 7.11 Å². The summed E-state index contributed by atoms with van der Waals surface area (Å²) < 4.78 is 12.1. The van der Waals surface area contributed by atoms with Gasteiger partial charge in [0.05, 0.1) is 6.61 Å². The van der Waals surface area contributed by atoms with Crippen molar-refractivity contribution in [3.8, 4) is 0 Å². The van der Waals surface area contributed by atoms with E-state index in [-0.39, 0.29) is 5.56 Å². The average molecular weight is 345 g/mol. The van der Waals surface area contributed by atoms with Crippen LogP contribution >= 0.6 is 11.6 Å². The van der Waals surface area contributed by atoms with E-state index < -0.39 is 0 Å². The number of ether oxygens (including phenoxy) is 2. The van der Waals surface area contributed by atoms with E-state index in [2.05, 4.69) is 5.10 Å². The van der Waals surface area contributed by atoms with E-state index >= 15 is 0 Å². The van der Waals surface area contributed by atoms with Crippen LogP contribution in [0.4, 0.5) is 0 Å². The molecular weight excluding hydrogens is 324 g/mol. The molecule has 5 heteroatoms. The second kappa shape index (κ2) is 10.6. The number of methoxy groups -OCH3 is 1. The lowest BCUT2D eigenvalue weighted by Gasteiger charge is -2.05. The Balaban J connectivity index is 0.000000185. The van der Waals surface area contributed by atoms with Gasteiger partial charge in [-0.15, -0.1) is 0 Å². The van der Waals surface area contributed by atoms with E-state index in [4.69, 9.17) is 21.1 Å². The topological polar surface area (TPSA) is 36.3 Å². The summed E-state index contributed by atoms with van der Waals surface area (Å²) in [6, 6.07) is 21.7. The van der Waals surface area contributed by atoms with Crippen molar-refractivity contribution < 1.29 is 9.47 Å². The van der Waals surface area contributed by atoms with Gasteiger partial charge in [0.25, 0.3) is 0 Å². The number of rotatable bonds is 6. The van der Waals surface area contributed by atoms with Gasteiger partial charge in [0, 0.05) is 19.5 Å². The maximum atomic E-state index is 5.77. The van der Waals surface area contributed by atoms with Gasteiger partial charge in [-0.2, -0.15) is 5.10 Å². The molecule has 0 N–H and O–H groups in total. The monoisotopic (exact) mass is 344 g/mol. The molecule has 0 saturated carbocycles. The molecule has 0 aliphatic heterocycles. The number of hydrogen-bond acceptors (Lipinski definition) is 3. The summed E-state index contributed by atoms with van der Waals surface area (Å²) in [6.45, 7) is 1.13.